The SMILES string of the molecule is C=C(C)COc1ccc2c(C)c(CCC(=O)N3CCN(C(=O)OCC)CC3)c(=O)oc2c1. The van der Waals surface area contributed by atoms with E-state index in [0.29, 0.717) is 62.7 Å². The smallest absolute Gasteiger partial charge is 0.409 e. The molecule has 1 aliphatic rings. The third-order valence-electron chi connectivity index (χ3n) is 5.49. The van der Waals surface area contributed by atoms with Gasteiger partial charge < -0.3 is 23.7 Å². The Labute approximate surface area is 187 Å². The number of ether oxygens (including phenoxy) is 2. The summed E-state index contributed by atoms with van der Waals surface area (Å²) in [7, 11) is 0. The number of benzene rings is 1. The van der Waals surface area contributed by atoms with Crippen LogP contribution in [0, 0.1) is 6.92 Å². The Morgan fingerprint density at radius 1 is 1.16 bits per heavy atom. The third kappa shape index (κ3) is 5.49. The molecule has 0 unspecified atom stereocenters. The lowest BCUT2D eigenvalue weighted by molar-refractivity contribution is -0.132. The average molecular weight is 443 g/mol. The molecule has 2 aromatic rings. The van der Waals surface area contributed by atoms with E-state index in [1.807, 2.05) is 26.0 Å². The predicted molar refractivity (Wildman–Crippen MR) is 121 cm³/mol. The zero-order valence-electron chi connectivity index (χ0n) is 18.9. The molecule has 32 heavy (non-hydrogen) atoms. The van der Waals surface area contributed by atoms with Gasteiger partial charge in [-0.2, -0.15) is 0 Å². The molecule has 1 aliphatic heterocycles. The number of carbonyl (C=O) groups is 2. The molecule has 0 saturated carbocycles. The van der Waals surface area contributed by atoms with E-state index in [1.54, 1.807) is 22.8 Å². The van der Waals surface area contributed by atoms with Crippen molar-refractivity contribution in [2.45, 2.75) is 33.6 Å². The van der Waals surface area contributed by atoms with Gasteiger partial charge in [-0.15, -0.1) is 0 Å². The highest BCUT2D eigenvalue weighted by molar-refractivity contribution is 5.83. The second kappa shape index (κ2) is 10.3. The van der Waals surface area contributed by atoms with E-state index in [2.05, 4.69) is 6.58 Å². The maximum absolute atomic E-state index is 12.7. The van der Waals surface area contributed by atoms with Gasteiger partial charge in [-0.05, 0) is 50.5 Å². The Morgan fingerprint density at radius 2 is 1.84 bits per heavy atom. The minimum atomic E-state index is -0.438. The molecule has 3 rings (SSSR count). The maximum atomic E-state index is 12.7. The van der Waals surface area contributed by atoms with Crippen molar-refractivity contribution in [3.63, 3.8) is 0 Å². The number of aryl methyl sites for hydroxylation is 1. The van der Waals surface area contributed by atoms with Crippen molar-refractivity contribution in [2.75, 3.05) is 39.4 Å². The fourth-order valence-corrected chi connectivity index (χ4v) is 3.70. The lowest BCUT2D eigenvalue weighted by Gasteiger charge is -2.34. The summed E-state index contributed by atoms with van der Waals surface area (Å²) in [6.45, 7) is 11.8. The van der Waals surface area contributed by atoms with Crippen molar-refractivity contribution >= 4 is 23.0 Å². The van der Waals surface area contributed by atoms with Crippen LogP contribution in [0.5, 0.6) is 5.75 Å². The van der Waals surface area contributed by atoms with Crippen LogP contribution in [-0.2, 0) is 16.0 Å². The first kappa shape index (κ1) is 23.4. The van der Waals surface area contributed by atoms with Crippen LogP contribution in [0.15, 0.2) is 39.6 Å². The van der Waals surface area contributed by atoms with E-state index in [9.17, 15) is 14.4 Å². The van der Waals surface area contributed by atoms with Crippen LogP contribution in [0.3, 0.4) is 0 Å². The summed E-state index contributed by atoms with van der Waals surface area (Å²) in [4.78, 5) is 40.4. The third-order valence-corrected chi connectivity index (χ3v) is 5.49. The molecule has 0 atom stereocenters. The normalized spacial score (nSPS) is 13.8. The lowest BCUT2D eigenvalue weighted by atomic mass is 10.0. The van der Waals surface area contributed by atoms with Crippen molar-refractivity contribution in [1.29, 1.82) is 0 Å². The fourth-order valence-electron chi connectivity index (χ4n) is 3.70. The fraction of sp³-hybridized carbons (Fsp3) is 0.458. The van der Waals surface area contributed by atoms with E-state index < -0.39 is 5.63 Å². The van der Waals surface area contributed by atoms with Crippen molar-refractivity contribution in [3.8, 4) is 5.75 Å². The van der Waals surface area contributed by atoms with Gasteiger partial charge in [0.1, 0.15) is 17.9 Å². The summed E-state index contributed by atoms with van der Waals surface area (Å²) in [6, 6.07) is 5.39. The van der Waals surface area contributed by atoms with E-state index >= 15 is 0 Å². The number of fused-ring (bicyclic) bond motifs is 1. The molecule has 0 bridgehead atoms. The first-order valence-electron chi connectivity index (χ1n) is 10.8. The van der Waals surface area contributed by atoms with Gasteiger partial charge >= 0.3 is 11.7 Å². The predicted octanol–water partition coefficient (Wildman–Crippen LogP) is 3.29. The zero-order valence-corrected chi connectivity index (χ0v) is 18.9. The van der Waals surface area contributed by atoms with Crippen LogP contribution in [0.4, 0.5) is 4.79 Å². The van der Waals surface area contributed by atoms with Gasteiger partial charge in [0.2, 0.25) is 5.91 Å². The second-order valence-corrected chi connectivity index (χ2v) is 7.96. The lowest BCUT2D eigenvalue weighted by Crippen LogP contribution is -2.50. The highest BCUT2D eigenvalue weighted by Crippen LogP contribution is 2.25. The number of amides is 2. The molecule has 8 nitrogen and oxygen atoms in total. The first-order chi connectivity index (χ1) is 15.3. The number of hydrogen-bond donors (Lipinski definition) is 0. The number of carbonyl (C=O) groups excluding carboxylic acids is 2. The molecule has 1 saturated heterocycles. The summed E-state index contributed by atoms with van der Waals surface area (Å²) in [5, 5.41) is 0.817. The number of hydrogen-bond acceptors (Lipinski definition) is 6. The van der Waals surface area contributed by atoms with E-state index in [0.717, 1.165) is 16.5 Å². The van der Waals surface area contributed by atoms with Crippen molar-refractivity contribution in [2.24, 2.45) is 0 Å². The van der Waals surface area contributed by atoms with Gasteiger partial charge in [0.05, 0.1) is 6.61 Å². The van der Waals surface area contributed by atoms with Gasteiger partial charge in [-0.1, -0.05) is 6.58 Å². The van der Waals surface area contributed by atoms with E-state index in [1.165, 1.54) is 0 Å². The zero-order chi connectivity index (χ0) is 23.3. The number of rotatable bonds is 7. The molecule has 1 fully saturated rings. The second-order valence-electron chi connectivity index (χ2n) is 7.96. The molecule has 1 aromatic carbocycles. The van der Waals surface area contributed by atoms with E-state index in [4.69, 9.17) is 13.9 Å². The van der Waals surface area contributed by atoms with Gasteiger partial charge in [0.15, 0.2) is 0 Å². The average Bonchev–Trinajstić information content (AvgIpc) is 2.77. The summed E-state index contributed by atoms with van der Waals surface area (Å²) in [6.07, 6.45) is 0.155. The van der Waals surface area contributed by atoms with Crippen LogP contribution in [0.25, 0.3) is 11.0 Å². The highest BCUT2D eigenvalue weighted by atomic mass is 16.6. The van der Waals surface area contributed by atoms with Gasteiger partial charge in [0, 0.05) is 49.6 Å². The molecule has 2 heterocycles. The van der Waals surface area contributed by atoms with Crippen LogP contribution < -0.4 is 10.4 Å². The molecule has 172 valence electrons. The minimum absolute atomic E-state index is 0.0454. The standard InChI is InChI=1S/C24H30N2O6/c1-5-30-24(29)26-12-10-25(11-13-26)22(27)9-8-20-17(4)19-7-6-18(31-15-16(2)3)14-21(19)32-23(20)28/h6-7,14H,2,5,8-13,15H2,1,3-4H3. The quantitative estimate of drug-likeness (QED) is 0.483. The highest BCUT2D eigenvalue weighted by Gasteiger charge is 2.25. The van der Waals surface area contributed by atoms with E-state index in [-0.39, 0.29) is 18.4 Å². The Kier molecular flexibility index (Phi) is 7.56. The minimum Gasteiger partial charge on any atom is -0.489 e. The summed E-state index contributed by atoms with van der Waals surface area (Å²) < 4.78 is 16.1. The molecular formula is C24H30N2O6. The van der Waals surface area contributed by atoms with Crippen LogP contribution in [0.1, 0.15) is 31.4 Å². The Hall–Kier alpha value is -3.29. The molecular weight excluding hydrogens is 412 g/mol. The summed E-state index contributed by atoms with van der Waals surface area (Å²) >= 11 is 0. The molecule has 0 N–H and O–H groups in total. The summed E-state index contributed by atoms with van der Waals surface area (Å²) in [5.74, 6) is 0.559. The molecule has 0 aliphatic carbocycles. The van der Waals surface area contributed by atoms with Gasteiger partial charge in [-0.3, -0.25) is 4.79 Å². The molecule has 8 heteroatoms. The Bertz CT molecular complexity index is 1070. The summed E-state index contributed by atoms with van der Waals surface area (Å²) in [5.41, 5.74) is 2.23. The van der Waals surface area contributed by atoms with Crippen LogP contribution in [-0.4, -0.2) is 61.2 Å². The molecule has 0 radical (unpaired) electrons. The first-order valence-corrected chi connectivity index (χ1v) is 10.8. The number of nitrogens with zero attached hydrogens (tertiary/aromatic N) is 2. The monoisotopic (exact) mass is 442 g/mol. The van der Waals surface area contributed by atoms with Crippen LogP contribution in [0.2, 0.25) is 0 Å². The Balaban J connectivity index is 1.64. The van der Waals surface area contributed by atoms with Crippen molar-refractivity contribution in [1.82, 2.24) is 9.80 Å². The topological polar surface area (TPSA) is 89.3 Å². The van der Waals surface area contributed by atoms with Crippen molar-refractivity contribution < 1.29 is 23.5 Å². The molecule has 0 spiro atoms. The van der Waals surface area contributed by atoms with Crippen LogP contribution >= 0.6 is 0 Å². The maximum Gasteiger partial charge on any atom is 0.409 e. The largest absolute Gasteiger partial charge is 0.489 e. The Morgan fingerprint density at radius 3 is 2.50 bits per heavy atom. The van der Waals surface area contributed by atoms with Crippen molar-refractivity contribution in [3.05, 3.63) is 51.9 Å². The van der Waals surface area contributed by atoms with Gasteiger partial charge in [0.25, 0.3) is 0 Å². The molecule has 2 amide bonds. The molecule has 1 aromatic heterocycles. The number of piperazine rings is 1. The van der Waals surface area contributed by atoms with Gasteiger partial charge in [-0.25, -0.2) is 9.59 Å².